The molecular weight excluding hydrogens is 248 g/mol. The first-order valence-electron chi connectivity index (χ1n) is 3.96. The third-order valence-corrected chi connectivity index (χ3v) is 1.72. The van der Waals surface area contributed by atoms with Crippen molar-refractivity contribution >= 4 is 27.5 Å². The van der Waals surface area contributed by atoms with Crippen molar-refractivity contribution in [2.45, 2.75) is 6.54 Å². The van der Waals surface area contributed by atoms with Crippen LogP contribution in [0.4, 0.5) is 5.69 Å². The number of nitrogens with one attached hydrogen (secondary N) is 1. The van der Waals surface area contributed by atoms with Crippen LogP contribution in [-0.2, 0) is 11.3 Å². The van der Waals surface area contributed by atoms with Crippen molar-refractivity contribution in [2.75, 3.05) is 12.3 Å². The molecule has 0 aromatic carbocycles. The van der Waals surface area contributed by atoms with Crippen molar-refractivity contribution in [3.63, 3.8) is 0 Å². The molecule has 0 saturated heterocycles. The molecule has 76 valence electrons. The van der Waals surface area contributed by atoms with Gasteiger partial charge in [-0.2, -0.15) is 5.10 Å². The van der Waals surface area contributed by atoms with Gasteiger partial charge in [0.05, 0.1) is 11.9 Å². The smallest absolute Gasteiger partial charge is 0.242 e. The number of nitrogens with two attached hydrogens (primary N) is 1. The van der Waals surface area contributed by atoms with Gasteiger partial charge in [-0.3, -0.25) is 9.48 Å². The summed E-state index contributed by atoms with van der Waals surface area (Å²) in [6.07, 6.45) is 3.10. The van der Waals surface area contributed by atoms with E-state index in [1.807, 2.05) is 0 Å². The standard InChI is InChI=1S/C8H11BrN4O/c1-6(9)2-11-8(14)5-13-4-7(10)3-12-13/h3-4H,1-2,5,10H2,(H,11,14). The molecule has 0 spiro atoms. The van der Waals surface area contributed by atoms with Crippen LogP contribution >= 0.6 is 15.9 Å². The second-order valence-corrected chi connectivity index (χ2v) is 3.89. The molecule has 3 N–H and O–H groups in total. The molecule has 0 atom stereocenters. The van der Waals surface area contributed by atoms with E-state index in [0.29, 0.717) is 12.2 Å². The number of amides is 1. The minimum atomic E-state index is -0.131. The average molecular weight is 259 g/mol. The zero-order chi connectivity index (χ0) is 10.6. The number of rotatable bonds is 4. The van der Waals surface area contributed by atoms with Crippen molar-refractivity contribution in [3.8, 4) is 0 Å². The van der Waals surface area contributed by atoms with Gasteiger partial charge in [0.25, 0.3) is 0 Å². The Morgan fingerprint density at radius 1 is 1.79 bits per heavy atom. The monoisotopic (exact) mass is 258 g/mol. The van der Waals surface area contributed by atoms with Crippen LogP contribution in [0, 0.1) is 0 Å². The van der Waals surface area contributed by atoms with Crippen LogP contribution < -0.4 is 11.1 Å². The SMILES string of the molecule is C=C(Br)CNC(=O)Cn1cc(N)cn1. The normalized spacial score (nSPS) is 9.79. The Bertz CT molecular complexity index is 347. The lowest BCUT2D eigenvalue weighted by atomic mass is 10.5. The lowest BCUT2D eigenvalue weighted by Crippen LogP contribution is -2.28. The largest absolute Gasteiger partial charge is 0.396 e. The minimum Gasteiger partial charge on any atom is -0.396 e. The summed E-state index contributed by atoms with van der Waals surface area (Å²) in [5, 5.41) is 6.53. The summed E-state index contributed by atoms with van der Waals surface area (Å²) in [7, 11) is 0. The van der Waals surface area contributed by atoms with Crippen molar-refractivity contribution in [1.82, 2.24) is 15.1 Å². The number of aromatic nitrogens is 2. The molecule has 1 aromatic heterocycles. The summed E-state index contributed by atoms with van der Waals surface area (Å²) < 4.78 is 2.20. The quantitative estimate of drug-likeness (QED) is 0.826. The Morgan fingerprint density at radius 2 is 2.50 bits per heavy atom. The first-order chi connectivity index (χ1) is 6.58. The third kappa shape index (κ3) is 3.61. The maximum Gasteiger partial charge on any atom is 0.242 e. The van der Waals surface area contributed by atoms with E-state index in [1.165, 1.54) is 10.9 Å². The van der Waals surface area contributed by atoms with Crippen molar-refractivity contribution in [2.24, 2.45) is 0 Å². The lowest BCUT2D eigenvalue weighted by molar-refractivity contribution is -0.121. The zero-order valence-electron chi connectivity index (χ0n) is 7.53. The van der Waals surface area contributed by atoms with Crippen molar-refractivity contribution < 1.29 is 4.79 Å². The van der Waals surface area contributed by atoms with Crippen LogP contribution in [0.25, 0.3) is 0 Å². The number of carbonyl (C=O) groups is 1. The number of halogens is 1. The Kier molecular flexibility index (Phi) is 3.70. The average Bonchev–Trinajstić information content (AvgIpc) is 2.48. The first-order valence-corrected chi connectivity index (χ1v) is 4.75. The molecule has 0 aliphatic rings. The lowest BCUT2D eigenvalue weighted by Gasteiger charge is -2.03. The van der Waals surface area contributed by atoms with Gasteiger partial charge in [0.1, 0.15) is 6.54 Å². The topological polar surface area (TPSA) is 72.9 Å². The Hall–Kier alpha value is -1.30. The van der Waals surface area contributed by atoms with Gasteiger partial charge in [-0.25, -0.2) is 0 Å². The zero-order valence-corrected chi connectivity index (χ0v) is 9.12. The van der Waals surface area contributed by atoms with E-state index in [0.717, 1.165) is 4.48 Å². The molecule has 14 heavy (non-hydrogen) atoms. The highest BCUT2D eigenvalue weighted by atomic mass is 79.9. The number of nitrogen functional groups attached to an aromatic ring is 1. The molecule has 1 aromatic rings. The Labute approximate surface area is 90.1 Å². The summed E-state index contributed by atoms with van der Waals surface area (Å²) >= 11 is 3.14. The van der Waals surface area contributed by atoms with E-state index in [1.54, 1.807) is 6.20 Å². The fourth-order valence-electron chi connectivity index (χ4n) is 0.864. The maximum absolute atomic E-state index is 11.3. The van der Waals surface area contributed by atoms with Gasteiger partial charge in [-0.05, 0) is 0 Å². The fraction of sp³-hybridized carbons (Fsp3) is 0.250. The van der Waals surface area contributed by atoms with Crippen LogP contribution in [0.3, 0.4) is 0 Å². The van der Waals surface area contributed by atoms with E-state index in [4.69, 9.17) is 5.73 Å². The molecule has 0 saturated carbocycles. The predicted molar refractivity (Wildman–Crippen MR) is 57.7 cm³/mol. The summed E-state index contributed by atoms with van der Waals surface area (Å²) in [6.45, 7) is 4.17. The second kappa shape index (κ2) is 4.80. The van der Waals surface area contributed by atoms with Crippen LogP contribution in [0.1, 0.15) is 0 Å². The molecule has 5 nitrogen and oxygen atoms in total. The molecule has 1 amide bonds. The number of carbonyl (C=O) groups excluding carboxylic acids is 1. The van der Waals surface area contributed by atoms with Crippen molar-refractivity contribution in [3.05, 3.63) is 23.5 Å². The van der Waals surface area contributed by atoms with Gasteiger partial charge in [-0.15, -0.1) is 0 Å². The predicted octanol–water partition coefficient (Wildman–Crippen LogP) is 0.490. The van der Waals surface area contributed by atoms with Gasteiger partial charge in [0.2, 0.25) is 5.91 Å². The van der Waals surface area contributed by atoms with Gasteiger partial charge >= 0.3 is 0 Å². The van der Waals surface area contributed by atoms with Crippen LogP contribution in [0.2, 0.25) is 0 Å². The number of anilines is 1. The van der Waals surface area contributed by atoms with E-state index in [2.05, 4.69) is 32.9 Å². The van der Waals surface area contributed by atoms with Gasteiger partial charge < -0.3 is 11.1 Å². The summed E-state index contributed by atoms with van der Waals surface area (Å²) in [5.74, 6) is -0.131. The van der Waals surface area contributed by atoms with Crippen LogP contribution in [-0.4, -0.2) is 22.2 Å². The van der Waals surface area contributed by atoms with E-state index >= 15 is 0 Å². The number of hydrogen-bond donors (Lipinski definition) is 2. The molecular formula is C8H11BrN4O. The first kappa shape index (κ1) is 10.8. The van der Waals surface area contributed by atoms with Gasteiger partial charge in [0, 0.05) is 17.2 Å². The van der Waals surface area contributed by atoms with Crippen molar-refractivity contribution in [1.29, 1.82) is 0 Å². The molecule has 0 bridgehead atoms. The summed E-state index contributed by atoms with van der Waals surface area (Å²) in [4.78, 5) is 11.3. The fourth-order valence-corrected chi connectivity index (χ4v) is 1.00. The molecule has 1 rings (SSSR count). The molecule has 1 heterocycles. The third-order valence-electron chi connectivity index (χ3n) is 1.44. The highest BCUT2D eigenvalue weighted by Gasteiger charge is 2.02. The van der Waals surface area contributed by atoms with E-state index < -0.39 is 0 Å². The minimum absolute atomic E-state index is 0.131. The summed E-state index contributed by atoms with van der Waals surface area (Å²) in [5.41, 5.74) is 5.98. The van der Waals surface area contributed by atoms with E-state index in [-0.39, 0.29) is 12.5 Å². The number of hydrogen-bond acceptors (Lipinski definition) is 3. The van der Waals surface area contributed by atoms with Crippen LogP contribution in [0.15, 0.2) is 23.5 Å². The second-order valence-electron chi connectivity index (χ2n) is 2.77. The Balaban J connectivity index is 2.37. The number of nitrogens with zero attached hydrogens (tertiary/aromatic N) is 2. The molecule has 0 aliphatic carbocycles. The highest BCUT2D eigenvalue weighted by Crippen LogP contribution is 1.98. The van der Waals surface area contributed by atoms with Gasteiger partial charge in [-0.1, -0.05) is 22.5 Å². The van der Waals surface area contributed by atoms with Gasteiger partial charge in [0.15, 0.2) is 0 Å². The molecule has 6 heteroatoms. The Morgan fingerprint density at radius 3 is 3.00 bits per heavy atom. The van der Waals surface area contributed by atoms with E-state index in [9.17, 15) is 4.79 Å². The molecule has 0 fully saturated rings. The summed E-state index contributed by atoms with van der Waals surface area (Å²) in [6, 6.07) is 0. The maximum atomic E-state index is 11.3. The molecule has 0 unspecified atom stereocenters. The molecule has 0 radical (unpaired) electrons. The molecule has 0 aliphatic heterocycles. The van der Waals surface area contributed by atoms with Crippen LogP contribution in [0.5, 0.6) is 0 Å². The highest BCUT2D eigenvalue weighted by molar-refractivity contribution is 9.11.